The Morgan fingerprint density at radius 1 is 1.16 bits per heavy atom. The van der Waals surface area contributed by atoms with E-state index < -0.39 is 0 Å². The average Bonchev–Trinajstić information content (AvgIpc) is 3.46. The van der Waals surface area contributed by atoms with E-state index >= 15 is 0 Å². The molecule has 0 saturated carbocycles. The number of nitrogens with zero attached hydrogens (tertiary/aromatic N) is 5. The number of carbonyl (C=O) groups is 1. The first-order valence-corrected chi connectivity index (χ1v) is 13.1. The van der Waals surface area contributed by atoms with Gasteiger partial charge in [-0.3, -0.25) is 9.59 Å². The third-order valence-corrected chi connectivity index (χ3v) is 7.50. The van der Waals surface area contributed by atoms with Crippen molar-refractivity contribution in [1.82, 2.24) is 24.8 Å². The van der Waals surface area contributed by atoms with Crippen molar-refractivity contribution in [2.24, 2.45) is 7.05 Å². The zero-order valence-electron chi connectivity index (χ0n) is 21.2. The summed E-state index contributed by atoms with van der Waals surface area (Å²) in [5, 5.41) is 6.97. The number of pyridine rings is 1. The molecule has 2 fully saturated rings. The number of amides is 1. The van der Waals surface area contributed by atoms with Gasteiger partial charge in [-0.15, -0.1) is 0 Å². The minimum absolute atomic E-state index is 0.107. The molecule has 0 unspecified atom stereocenters. The van der Waals surface area contributed by atoms with E-state index in [1.807, 2.05) is 18.2 Å². The Balaban J connectivity index is 1.33. The number of hydrogen-bond donors (Lipinski definition) is 2. The molecule has 2 aliphatic rings. The van der Waals surface area contributed by atoms with Crippen LogP contribution in [0.2, 0.25) is 5.02 Å². The van der Waals surface area contributed by atoms with E-state index in [9.17, 15) is 9.59 Å². The molecule has 2 saturated heterocycles. The van der Waals surface area contributed by atoms with Crippen LogP contribution in [0.1, 0.15) is 25.7 Å². The molecule has 11 heteroatoms. The Kier molecular flexibility index (Phi) is 7.48. The molecule has 0 radical (unpaired) electrons. The summed E-state index contributed by atoms with van der Waals surface area (Å²) in [6.45, 7) is 4.05. The summed E-state index contributed by atoms with van der Waals surface area (Å²) in [5.41, 5.74) is 1.18. The van der Waals surface area contributed by atoms with Gasteiger partial charge < -0.3 is 29.7 Å². The van der Waals surface area contributed by atoms with Crippen molar-refractivity contribution in [3.05, 3.63) is 45.8 Å². The fourth-order valence-corrected chi connectivity index (χ4v) is 5.26. The second-order valence-corrected chi connectivity index (χ2v) is 9.97. The Morgan fingerprint density at radius 3 is 2.65 bits per heavy atom. The summed E-state index contributed by atoms with van der Waals surface area (Å²) < 4.78 is 6.96. The molecule has 1 aromatic carbocycles. The molecule has 3 aromatic rings. The number of nitrogens with one attached hydrogen (secondary N) is 2. The lowest BCUT2D eigenvalue weighted by Gasteiger charge is -2.36. The maximum Gasteiger partial charge on any atom is 0.293 e. The standard InChI is InChI=1S/C26H32ClN7O3/c1-28-23(35)16-37-22-14-17-13-18(5-6-21(17)32(2)25(22)36)30-24-20(27)15-29-26(31-24)34-11-7-19(8-12-34)33-9-3-4-10-33/h5-6,13-15,19H,3-4,7-12,16H2,1-2H3,(H,28,35)(H,29,30,31). The number of aryl methyl sites for hydroxylation is 1. The molecule has 2 aliphatic heterocycles. The number of likely N-dealkylation sites (tertiary alicyclic amines) is 1. The quantitative estimate of drug-likeness (QED) is 0.485. The zero-order valence-corrected chi connectivity index (χ0v) is 21.9. The maximum absolute atomic E-state index is 12.6. The maximum atomic E-state index is 12.6. The second kappa shape index (κ2) is 10.9. The molecule has 196 valence electrons. The summed E-state index contributed by atoms with van der Waals surface area (Å²) in [4.78, 5) is 38.3. The van der Waals surface area contributed by atoms with Gasteiger partial charge in [0.25, 0.3) is 11.5 Å². The molecule has 37 heavy (non-hydrogen) atoms. The first-order chi connectivity index (χ1) is 17.9. The molecule has 2 aromatic heterocycles. The summed E-state index contributed by atoms with van der Waals surface area (Å²) in [7, 11) is 3.19. The number of benzene rings is 1. The van der Waals surface area contributed by atoms with Gasteiger partial charge in [-0.05, 0) is 63.0 Å². The van der Waals surface area contributed by atoms with Crippen molar-refractivity contribution in [3.8, 4) is 5.75 Å². The fourth-order valence-electron chi connectivity index (χ4n) is 5.12. The molecular formula is C26H32ClN7O3. The van der Waals surface area contributed by atoms with E-state index in [4.69, 9.17) is 21.3 Å². The lowest BCUT2D eigenvalue weighted by Crippen LogP contribution is -2.44. The number of ether oxygens (including phenoxy) is 1. The average molecular weight is 526 g/mol. The van der Waals surface area contributed by atoms with Crippen LogP contribution < -0.4 is 25.8 Å². The van der Waals surface area contributed by atoms with Crippen LogP contribution in [0.4, 0.5) is 17.5 Å². The molecule has 1 amide bonds. The highest BCUT2D eigenvalue weighted by molar-refractivity contribution is 6.32. The second-order valence-electron chi connectivity index (χ2n) is 9.56. The number of aromatic nitrogens is 3. The first kappa shape index (κ1) is 25.3. The minimum atomic E-state index is -0.313. The topological polar surface area (TPSA) is 105 Å². The largest absolute Gasteiger partial charge is 0.478 e. The summed E-state index contributed by atoms with van der Waals surface area (Å²) in [5.74, 6) is 0.982. The summed E-state index contributed by atoms with van der Waals surface area (Å²) >= 11 is 6.45. The Bertz CT molecular complexity index is 1350. The summed E-state index contributed by atoms with van der Waals surface area (Å²) in [6.07, 6.45) is 6.48. The highest BCUT2D eigenvalue weighted by Crippen LogP contribution is 2.29. The lowest BCUT2D eigenvalue weighted by molar-refractivity contribution is -0.122. The number of fused-ring (bicyclic) bond motifs is 1. The monoisotopic (exact) mass is 525 g/mol. The number of rotatable bonds is 7. The Hall–Kier alpha value is -3.37. The van der Waals surface area contributed by atoms with Crippen LogP contribution in [-0.2, 0) is 11.8 Å². The van der Waals surface area contributed by atoms with E-state index in [2.05, 4.69) is 25.4 Å². The highest BCUT2D eigenvalue weighted by Gasteiger charge is 2.27. The third-order valence-electron chi connectivity index (χ3n) is 7.23. The highest BCUT2D eigenvalue weighted by atomic mass is 35.5. The predicted octanol–water partition coefficient (Wildman–Crippen LogP) is 2.91. The first-order valence-electron chi connectivity index (χ1n) is 12.7. The number of carbonyl (C=O) groups excluding carboxylic acids is 1. The van der Waals surface area contributed by atoms with E-state index in [-0.39, 0.29) is 23.8 Å². The number of likely N-dealkylation sites (N-methyl/N-ethyl adjacent to an activating group) is 1. The normalized spacial score (nSPS) is 16.8. The molecule has 4 heterocycles. The lowest BCUT2D eigenvalue weighted by atomic mass is 10.0. The Morgan fingerprint density at radius 2 is 1.92 bits per heavy atom. The third kappa shape index (κ3) is 5.50. The van der Waals surface area contributed by atoms with Gasteiger partial charge in [-0.2, -0.15) is 4.98 Å². The van der Waals surface area contributed by atoms with Gasteiger partial charge >= 0.3 is 0 Å². The van der Waals surface area contributed by atoms with Gasteiger partial charge in [0.2, 0.25) is 5.95 Å². The van der Waals surface area contributed by atoms with Crippen LogP contribution in [0.5, 0.6) is 5.75 Å². The van der Waals surface area contributed by atoms with Crippen LogP contribution >= 0.6 is 11.6 Å². The van der Waals surface area contributed by atoms with Gasteiger partial charge in [0, 0.05) is 44.3 Å². The van der Waals surface area contributed by atoms with Crippen molar-refractivity contribution in [2.45, 2.75) is 31.7 Å². The van der Waals surface area contributed by atoms with E-state index in [1.54, 1.807) is 19.3 Å². The van der Waals surface area contributed by atoms with Crippen molar-refractivity contribution < 1.29 is 9.53 Å². The van der Waals surface area contributed by atoms with Gasteiger partial charge in [0.05, 0.1) is 11.7 Å². The molecule has 0 aliphatic carbocycles. The SMILES string of the molecule is CNC(=O)COc1cc2cc(Nc3nc(N4CCC(N5CCCC5)CC4)ncc3Cl)ccc2n(C)c1=O. The fraction of sp³-hybridized carbons (Fsp3) is 0.462. The van der Waals surface area contributed by atoms with Crippen molar-refractivity contribution in [2.75, 3.05) is 50.1 Å². The minimum Gasteiger partial charge on any atom is -0.478 e. The predicted molar refractivity (Wildman–Crippen MR) is 145 cm³/mol. The molecular weight excluding hydrogens is 494 g/mol. The van der Waals surface area contributed by atoms with Crippen LogP contribution in [0, 0.1) is 0 Å². The van der Waals surface area contributed by atoms with Gasteiger partial charge in [-0.25, -0.2) is 4.98 Å². The number of piperidine rings is 1. The van der Waals surface area contributed by atoms with Crippen molar-refractivity contribution >= 4 is 45.9 Å². The molecule has 0 atom stereocenters. The van der Waals surface area contributed by atoms with Crippen molar-refractivity contribution in [1.29, 1.82) is 0 Å². The summed E-state index contributed by atoms with van der Waals surface area (Å²) in [6, 6.07) is 7.90. The van der Waals surface area contributed by atoms with E-state index in [1.165, 1.54) is 37.5 Å². The van der Waals surface area contributed by atoms with Crippen LogP contribution in [0.15, 0.2) is 35.3 Å². The van der Waals surface area contributed by atoms with Crippen LogP contribution in [0.3, 0.4) is 0 Å². The number of anilines is 3. The van der Waals surface area contributed by atoms with Gasteiger partial charge in [0.1, 0.15) is 5.02 Å². The zero-order chi connectivity index (χ0) is 25.9. The van der Waals surface area contributed by atoms with E-state index in [0.717, 1.165) is 42.5 Å². The van der Waals surface area contributed by atoms with Gasteiger partial charge in [-0.1, -0.05) is 11.6 Å². The van der Waals surface area contributed by atoms with Gasteiger partial charge in [0.15, 0.2) is 18.2 Å². The molecule has 5 rings (SSSR count). The van der Waals surface area contributed by atoms with E-state index in [0.29, 0.717) is 22.8 Å². The molecule has 10 nitrogen and oxygen atoms in total. The Labute approximate surface area is 220 Å². The smallest absolute Gasteiger partial charge is 0.293 e. The van der Waals surface area contributed by atoms with Crippen LogP contribution in [0.25, 0.3) is 10.9 Å². The number of halogens is 1. The molecule has 0 spiro atoms. The van der Waals surface area contributed by atoms with Crippen LogP contribution in [-0.4, -0.2) is 71.2 Å². The molecule has 0 bridgehead atoms. The number of hydrogen-bond acceptors (Lipinski definition) is 8. The van der Waals surface area contributed by atoms with Crippen molar-refractivity contribution in [3.63, 3.8) is 0 Å². The molecule has 2 N–H and O–H groups in total.